The first kappa shape index (κ1) is 23.1. The second kappa shape index (κ2) is 10.3. The number of hydrogen-bond donors (Lipinski definition) is 1. The van der Waals surface area contributed by atoms with Crippen molar-refractivity contribution in [3.05, 3.63) is 36.4 Å². The number of carboxylic acid groups (broad SMARTS) is 1. The lowest BCUT2D eigenvalue weighted by Gasteiger charge is -2.39. The molecule has 33 heavy (non-hydrogen) atoms. The lowest BCUT2D eigenvalue weighted by atomic mass is 9.82. The van der Waals surface area contributed by atoms with Crippen LogP contribution in [0.2, 0.25) is 0 Å². The van der Waals surface area contributed by atoms with Crippen LogP contribution in [0.15, 0.2) is 36.4 Å². The van der Waals surface area contributed by atoms with E-state index < -0.39 is 6.16 Å². The van der Waals surface area contributed by atoms with Gasteiger partial charge in [-0.3, -0.25) is 4.79 Å². The summed E-state index contributed by atoms with van der Waals surface area (Å²) in [5.74, 6) is 0.594. The molecule has 0 bridgehead atoms. The maximum absolute atomic E-state index is 13.9. The van der Waals surface area contributed by atoms with Crippen LogP contribution in [0.5, 0.6) is 5.06 Å². The summed E-state index contributed by atoms with van der Waals surface area (Å²) in [5.41, 5.74) is 1.47. The Morgan fingerprint density at radius 2 is 1.79 bits per heavy atom. The van der Waals surface area contributed by atoms with Gasteiger partial charge in [-0.05, 0) is 56.1 Å². The first-order chi connectivity index (χ1) is 16.0. The number of anilines is 1. The molecule has 0 radical (unpaired) electrons. The Morgan fingerprint density at radius 1 is 1.12 bits per heavy atom. The Morgan fingerprint density at radius 3 is 2.39 bits per heavy atom. The van der Waals surface area contributed by atoms with Gasteiger partial charge >= 0.3 is 6.16 Å². The molecule has 2 aromatic rings. The fourth-order valence-electron chi connectivity index (χ4n) is 4.85. The highest BCUT2D eigenvalue weighted by Gasteiger charge is 2.37. The minimum absolute atomic E-state index is 0.0463. The zero-order valence-electron chi connectivity index (χ0n) is 18.8. The lowest BCUT2D eigenvalue weighted by molar-refractivity contribution is -0.124. The van der Waals surface area contributed by atoms with Crippen molar-refractivity contribution < 1.29 is 19.4 Å². The van der Waals surface area contributed by atoms with Crippen LogP contribution in [0, 0.1) is 23.3 Å². The van der Waals surface area contributed by atoms with E-state index >= 15 is 0 Å². The summed E-state index contributed by atoms with van der Waals surface area (Å²) in [6.45, 7) is 3.38. The minimum atomic E-state index is -1.39. The summed E-state index contributed by atoms with van der Waals surface area (Å²) in [4.78, 5) is 29.7. The number of piperidine rings is 1. The zero-order valence-corrected chi connectivity index (χ0v) is 19.6. The molecular weight excluding hydrogens is 438 g/mol. The van der Waals surface area contributed by atoms with Gasteiger partial charge in [0.25, 0.3) is 0 Å². The van der Waals surface area contributed by atoms with Crippen LogP contribution in [0.4, 0.5) is 10.5 Å². The van der Waals surface area contributed by atoms with Gasteiger partial charge in [-0.25, -0.2) is 4.79 Å². The number of ether oxygens (including phenoxy) is 1. The molecule has 174 valence electrons. The van der Waals surface area contributed by atoms with Crippen LogP contribution in [-0.2, 0) is 4.79 Å². The van der Waals surface area contributed by atoms with Crippen LogP contribution in [-0.4, -0.2) is 41.2 Å². The Labute approximate surface area is 198 Å². The molecule has 1 aliphatic heterocycles. The smallest absolute Gasteiger partial charge is 0.449 e. The van der Waals surface area contributed by atoms with Crippen LogP contribution >= 0.6 is 11.3 Å². The van der Waals surface area contributed by atoms with Crippen molar-refractivity contribution in [2.24, 2.45) is 11.8 Å². The van der Waals surface area contributed by atoms with Gasteiger partial charge in [0.05, 0.1) is 5.69 Å². The molecule has 7 nitrogen and oxygen atoms in total. The maximum Gasteiger partial charge on any atom is 0.512 e. The number of benzene rings is 1. The van der Waals surface area contributed by atoms with Crippen molar-refractivity contribution in [3.63, 3.8) is 0 Å². The molecule has 1 aromatic heterocycles. The van der Waals surface area contributed by atoms with E-state index in [2.05, 4.69) is 13.1 Å². The Balaban J connectivity index is 1.72. The summed E-state index contributed by atoms with van der Waals surface area (Å²) in [6, 6.07) is 11.5. The second-order valence-corrected chi connectivity index (χ2v) is 10.0. The van der Waals surface area contributed by atoms with E-state index in [9.17, 15) is 20.0 Å². The molecular formula is C25H29N3O4S. The summed E-state index contributed by atoms with van der Waals surface area (Å²) in [6.07, 6.45) is 5.85. The SMILES string of the molecule is CC1CCC(C(=O)N(c2cc(-c3ccccc3)sc2OC(=O)O)C2CCN(C#N)CC2)CC1. The molecule has 1 saturated heterocycles. The number of amides is 1. The Kier molecular flexibility index (Phi) is 7.19. The summed E-state index contributed by atoms with van der Waals surface area (Å²) < 4.78 is 5.19. The monoisotopic (exact) mass is 467 g/mol. The number of nitrogens with zero attached hydrogens (tertiary/aromatic N) is 3. The maximum atomic E-state index is 13.9. The van der Waals surface area contributed by atoms with E-state index in [-0.39, 0.29) is 22.9 Å². The van der Waals surface area contributed by atoms with Crippen molar-refractivity contribution >= 4 is 29.1 Å². The number of nitriles is 1. The van der Waals surface area contributed by atoms with E-state index in [1.165, 1.54) is 11.3 Å². The topological polar surface area (TPSA) is 93.9 Å². The lowest BCUT2D eigenvalue weighted by Crippen LogP contribution is -2.49. The third-order valence-corrected chi connectivity index (χ3v) is 7.80. The quantitative estimate of drug-likeness (QED) is 0.456. The van der Waals surface area contributed by atoms with Gasteiger partial charge in [-0.15, -0.1) is 0 Å². The molecule has 1 aliphatic carbocycles. The number of likely N-dealkylation sites (tertiary alicyclic amines) is 1. The van der Waals surface area contributed by atoms with Crippen LogP contribution in [0.1, 0.15) is 45.4 Å². The largest absolute Gasteiger partial charge is 0.512 e. The average Bonchev–Trinajstić information content (AvgIpc) is 3.23. The molecule has 2 fully saturated rings. The third-order valence-electron chi connectivity index (χ3n) is 6.75. The van der Waals surface area contributed by atoms with E-state index in [0.29, 0.717) is 37.5 Å². The molecule has 2 aliphatic rings. The number of thiophene rings is 1. The number of carbonyl (C=O) groups excluding carboxylic acids is 1. The van der Waals surface area contributed by atoms with Gasteiger partial charge in [-0.1, -0.05) is 48.6 Å². The van der Waals surface area contributed by atoms with Crippen LogP contribution < -0.4 is 9.64 Å². The normalized spacial score (nSPS) is 21.3. The van der Waals surface area contributed by atoms with Crippen molar-refractivity contribution in [1.29, 1.82) is 5.26 Å². The van der Waals surface area contributed by atoms with Crippen LogP contribution in [0.25, 0.3) is 10.4 Å². The molecule has 0 spiro atoms. The summed E-state index contributed by atoms with van der Waals surface area (Å²) >= 11 is 1.24. The number of rotatable bonds is 5. The Hall–Kier alpha value is -3.05. The third kappa shape index (κ3) is 5.31. The van der Waals surface area contributed by atoms with Gasteiger partial charge in [0.15, 0.2) is 6.19 Å². The molecule has 0 atom stereocenters. The minimum Gasteiger partial charge on any atom is -0.449 e. The standard InChI is InChI=1S/C25H29N3O4S/c1-17-7-9-19(10-8-17)23(29)28(20-11-13-27(16-26)14-12-20)21-15-22(18-5-3-2-4-6-18)33-24(21)32-25(30)31/h2-6,15,17,19-20H,7-14H2,1H3,(H,30,31). The highest BCUT2D eigenvalue weighted by Crippen LogP contribution is 2.45. The van der Waals surface area contributed by atoms with Gasteiger partial charge in [0, 0.05) is 29.9 Å². The number of carbonyl (C=O) groups is 2. The highest BCUT2D eigenvalue weighted by atomic mass is 32.1. The predicted molar refractivity (Wildman–Crippen MR) is 127 cm³/mol. The second-order valence-electron chi connectivity index (χ2n) is 9.00. The van der Waals surface area contributed by atoms with Gasteiger partial charge in [0.2, 0.25) is 11.0 Å². The predicted octanol–water partition coefficient (Wildman–Crippen LogP) is 5.58. The molecule has 1 saturated carbocycles. The molecule has 4 rings (SSSR count). The van der Waals surface area contributed by atoms with Crippen molar-refractivity contribution in [2.45, 2.75) is 51.5 Å². The van der Waals surface area contributed by atoms with Gasteiger partial charge < -0.3 is 19.6 Å². The zero-order chi connectivity index (χ0) is 23.4. The van der Waals surface area contributed by atoms with Gasteiger partial charge in [0.1, 0.15) is 0 Å². The van der Waals surface area contributed by atoms with Crippen molar-refractivity contribution in [2.75, 3.05) is 18.0 Å². The molecule has 1 amide bonds. The van der Waals surface area contributed by atoms with Crippen molar-refractivity contribution in [1.82, 2.24) is 4.90 Å². The Bertz CT molecular complexity index is 1020. The van der Waals surface area contributed by atoms with E-state index in [1.54, 1.807) is 9.80 Å². The fourth-order valence-corrected chi connectivity index (χ4v) is 5.85. The highest BCUT2D eigenvalue weighted by molar-refractivity contribution is 7.18. The van der Waals surface area contributed by atoms with E-state index in [4.69, 9.17) is 4.74 Å². The fraction of sp³-hybridized carbons (Fsp3) is 0.480. The summed E-state index contributed by atoms with van der Waals surface area (Å²) in [7, 11) is 0. The summed E-state index contributed by atoms with van der Waals surface area (Å²) in [5, 5.41) is 18.9. The van der Waals surface area contributed by atoms with Gasteiger partial charge in [-0.2, -0.15) is 5.26 Å². The molecule has 1 N–H and O–H groups in total. The first-order valence-electron chi connectivity index (χ1n) is 11.5. The molecule has 2 heterocycles. The average molecular weight is 468 g/mol. The van der Waals surface area contributed by atoms with E-state index in [0.717, 1.165) is 36.1 Å². The first-order valence-corrected chi connectivity index (χ1v) is 12.4. The molecule has 1 aromatic carbocycles. The molecule has 8 heteroatoms. The van der Waals surface area contributed by atoms with E-state index in [1.807, 2.05) is 36.4 Å². The van der Waals surface area contributed by atoms with Crippen LogP contribution in [0.3, 0.4) is 0 Å². The molecule has 0 unspecified atom stereocenters. The number of hydrogen-bond acceptors (Lipinski definition) is 6. The van der Waals surface area contributed by atoms with Crippen molar-refractivity contribution in [3.8, 4) is 21.7 Å².